The minimum Gasteiger partial charge on any atom is -0.350 e. The van der Waals surface area contributed by atoms with E-state index in [0.717, 1.165) is 21.4 Å². The van der Waals surface area contributed by atoms with Gasteiger partial charge >= 0.3 is 0 Å². The van der Waals surface area contributed by atoms with E-state index in [4.69, 9.17) is 9.47 Å². The van der Waals surface area contributed by atoms with Crippen molar-refractivity contribution in [1.29, 1.82) is 0 Å². The van der Waals surface area contributed by atoms with Gasteiger partial charge in [0.2, 0.25) is 6.29 Å². The van der Waals surface area contributed by atoms with Crippen molar-refractivity contribution in [3.05, 3.63) is 39.8 Å². The van der Waals surface area contributed by atoms with E-state index in [1.807, 2.05) is 19.2 Å². The van der Waals surface area contributed by atoms with Crippen LogP contribution in [0.2, 0.25) is 0 Å². The molecule has 0 N–H and O–H groups in total. The van der Waals surface area contributed by atoms with E-state index in [9.17, 15) is 0 Å². The number of halogens is 1. The molecule has 21 heavy (non-hydrogen) atoms. The highest BCUT2D eigenvalue weighted by molar-refractivity contribution is 9.10. The van der Waals surface area contributed by atoms with Crippen LogP contribution in [0.4, 0.5) is 0 Å². The normalized spacial score (nSPS) is 11.7. The van der Waals surface area contributed by atoms with Gasteiger partial charge in [-0.15, -0.1) is 11.3 Å². The SMILES string of the molecule is COC(OC)c1c(Br)c(-c2csc3ccccc23)nn1C. The smallest absolute Gasteiger partial charge is 0.201 e. The Morgan fingerprint density at radius 3 is 2.67 bits per heavy atom. The van der Waals surface area contributed by atoms with Gasteiger partial charge in [-0.05, 0) is 22.0 Å². The van der Waals surface area contributed by atoms with Gasteiger partial charge < -0.3 is 9.47 Å². The summed E-state index contributed by atoms with van der Waals surface area (Å²) < 4.78 is 14.7. The van der Waals surface area contributed by atoms with Crippen LogP contribution < -0.4 is 0 Å². The van der Waals surface area contributed by atoms with E-state index >= 15 is 0 Å². The van der Waals surface area contributed by atoms with Crippen LogP contribution in [-0.2, 0) is 16.5 Å². The van der Waals surface area contributed by atoms with Crippen molar-refractivity contribution in [1.82, 2.24) is 9.78 Å². The maximum atomic E-state index is 5.35. The summed E-state index contributed by atoms with van der Waals surface area (Å²) >= 11 is 5.37. The highest BCUT2D eigenvalue weighted by Gasteiger charge is 2.24. The van der Waals surface area contributed by atoms with Crippen molar-refractivity contribution < 1.29 is 9.47 Å². The van der Waals surface area contributed by atoms with Crippen LogP contribution in [0.5, 0.6) is 0 Å². The predicted octanol–water partition coefficient (Wildman–Crippen LogP) is 4.36. The lowest BCUT2D eigenvalue weighted by molar-refractivity contribution is -0.111. The average molecular weight is 367 g/mol. The third-order valence-corrected chi connectivity index (χ3v) is 5.16. The summed E-state index contributed by atoms with van der Waals surface area (Å²) in [6, 6.07) is 8.33. The highest BCUT2D eigenvalue weighted by atomic mass is 79.9. The van der Waals surface area contributed by atoms with Crippen molar-refractivity contribution in [2.75, 3.05) is 14.2 Å². The number of fused-ring (bicyclic) bond motifs is 1. The van der Waals surface area contributed by atoms with E-state index in [-0.39, 0.29) is 0 Å². The van der Waals surface area contributed by atoms with Gasteiger partial charge in [0.05, 0.1) is 4.47 Å². The first kappa shape index (κ1) is 14.7. The van der Waals surface area contributed by atoms with Gasteiger partial charge in [0.1, 0.15) is 11.4 Å². The van der Waals surface area contributed by atoms with E-state index in [0.29, 0.717) is 0 Å². The summed E-state index contributed by atoms with van der Waals surface area (Å²) in [5.74, 6) is 0. The van der Waals surface area contributed by atoms with Gasteiger partial charge in [-0.2, -0.15) is 5.10 Å². The lowest BCUT2D eigenvalue weighted by Gasteiger charge is -2.13. The van der Waals surface area contributed by atoms with Crippen LogP contribution in [-0.4, -0.2) is 24.0 Å². The summed E-state index contributed by atoms with van der Waals surface area (Å²) in [4.78, 5) is 0. The Morgan fingerprint density at radius 1 is 1.24 bits per heavy atom. The fourth-order valence-electron chi connectivity index (χ4n) is 2.42. The van der Waals surface area contributed by atoms with E-state index < -0.39 is 6.29 Å². The second kappa shape index (κ2) is 5.88. The number of benzene rings is 1. The highest BCUT2D eigenvalue weighted by Crippen LogP contribution is 2.39. The molecular weight excluding hydrogens is 352 g/mol. The molecular formula is C15H15BrN2O2S. The molecule has 2 heterocycles. The van der Waals surface area contributed by atoms with E-state index in [2.05, 4.69) is 38.5 Å². The largest absolute Gasteiger partial charge is 0.350 e. The Balaban J connectivity index is 2.18. The maximum absolute atomic E-state index is 5.35. The van der Waals surface area contributed by atoms with Crippen LogP contribution in [0.25, 0.3) is 21.3 Å². The molecule has 0 amide bonds. The maximum Gasteiger partial charge on any atom is 0.201 e. The number of hydrogen-bond acceptors (Lipinski definition) is 4. The lowest BCUT2D eigenvalue weighted by atomic mass is 10.1. The summed E-state index contributed by atoms with van der Waals surface area (Å²) in [5, 5.41) is 7.98. The molecule has 0 atom stereocenters. The molecule has 110 valence electrons. The van der Waals surface area contributed by atoms with Gasteiger partial charge in [-0.25, -0.2) is 0 Å². The number of methoxy groups -OCH3 is 2. The summed E-state index contributed by atoms with van der Waals surface area (Å²) in [6.07, 6.45) is -0.449. The molecule has 0 fully saturated rings. The molecule has 0 aliphatic rings. The zero-order valence-corrected chi connectivity index (χ0v) is 14.4. The number of aromatic nitrogens is 2. The second-order valence-corrected chi connectivity index (χ2v) is 6.32. The Labute approximate surface area is 135 Å². The fourth-order valence-corrected chi connectivity index (χ4v) is 4.10. The first-order valence-corrected chi connectivity index (χ1v) is 8.09. The molecule has 0 aliphatic carbocycles. The molecule has 4 nitrogen and oxygen atoms in total. The third-order valence-electron chi connectivity index (χ3n) is 3.42. The lowest BCUT2D eigenvalue weighted by Crippen LogP contribution is -2.09. The number of rotatable bonds is 4. The Hall–Kier alpha value is -1.21. The van der Waals surface area contributed by atoms with Gasteiger partial charge in [-0.3, -0.25) is 4.68 Å². The van der Waals surface area contributed by atoms with Crippen molar-refractivity contribution >= 4 is 37.4 Å². The molecule has 6 heteroatoms. The molecule has 1 aromatic carbocycles. The summed E-state index contributed by atoms with van der Waals surface area (Å²) in [5.41, 5.74) is 2.89. The number of hydrogen-bond donors (Lipinski definition) is 0. The quantitative estimate of drug-likeness (QED) is 0.643. The molecule has 0 radical (unpaired) electrons. The van der Waals surface area contributed by atoms with Crippen molar-refractivity contribution in [3.63, 3.8) is 0 Å². The molecule has 3 aromatic rings. The Kier molecular flexibility index (Phi) is 4.12. The Bertz CT molecular complexity index is 777. The molecule has 2 aromatic heterocycles. The van der Waals surface area contributed by atoms with Gasteiger partial charge in [0.15, 0.2) is 0 Å². The molecule has 3 rings (SSSR count). The zero-order chi connectivity index (χ0) is 15.0. The molecule has 0 saturated carbocycles. The molecule has 0 bridgehead atoms. The average Bonchev–Trinajstić information content (AvgIpc) is 3.04. The van der Waals surface area contributed by atoms with Crippen LogP contribution in [0.3, 0.4) is 0 Å². The number of aryl methyl sites for hydroxylation is 1. The first-order chi connectivity index (χ1) is 10.2. The van der Waals surface area contributed by atoms with Crippen LogP contribution in [0, 0.1) is 0 Å². The summed E-state index contributed by atoms with van der Waals surface area (Å²) in [7, 11) is 5.13. The number of nitrogens with zero attached hydrogens (tertiary/aromatic N) is 2. The minimum atomic E-state index is -0.449. The van der Waals surface area contributed by atoms with Gasteiger partial charge in [-0.1, -0.05) is 18.2 Å². The first-order valence-electron chi connectivity index (χ1n) is 6.42. The summed E-state index contributed by atoms with van der Waals surface area (Å²) in [6.45, 7) is 0. The van der Waals surface area contributed by atoms with Crippen LogP contribution in [0.1, 0.15) is 12.0 Å². The van der Waals surface area contributed by atoms with E-state index in [1.54, 1.807) is 30.2 Å². The van der Waals surface area contributed by atoms with Gasteiger partial charge in [0, 0.05) is 42.3 Å². The fraction of sp³-hybridized carbons (Fsp3) is 0.267. The number of thiophene rings is 1. The minimum absolute atomic E-state index is 0.449. The van der Waals surface area contributed by atoms with Crippen LogP contribution >= 0.6 is 27.3 Å². The van der Waals surface area contributed by atoms with E-state index in [1.165, 1.54) is 10.1 Å². The predicted molar refractivity (Wildman–Crippen MR) is 88.5 cm³/mol. The molecule has 0 spiro atoms. The van der Waals surface area contributed by atoms with Crippen LogP contribution in [0.15, 0.2) is 34.1 Å². The standard InChI is InChI=1S/C15H15BrN2O2S/c1-18-14(15(19-2)20-3)12(16)13(17-18)10-8-21-11-7-5-4-6-9(10)11/h4-8,15H,1-3H3. The monoisotopic (exact) mass is 366 g/mol. The topological polar surface area (TPSA) is 36.3 Å². The van der Waals surface area contributed by atoms with Gasteiger partial charge in [0.25, 0.3) is 0 Å². The third kappa shape index (κ3) is 2.42. The molecule has 0 unspecified atom stereocenters. The molecule has 0 saturated heterocycles. The number of ether oxygens (including phenoxy) is 2. The zero-order valence-electron chi connectivity index (χ0n) is 12.0. The molecule has 0 aliphatic heterocycles. The van der Waals surface area contributed by atoms with Crippen molar-refractivity contribution in [2.24, 2.45) is 7.05 Å². The van der Waals surface area contributed by atoms with Crippen molar-refractivity contribution in [3.8, 4) is 11.3 Å². The second-order valence-electron chi connectivity index (χ2n) is 4.62. The van der Waals surface area contributed by atoms with Crippen molar-refractivity contribution in [2.45, 2.75) is 6.29 Å². The Morgan fingerprint density at radius 2 is 1.95 bits per heavy atom.